The normalized spacial score (nSPS) is 30.8. The monoisotopic (exact) mass is 600 g/mol. The second kappa shape index (κ2) is 15.2. The summed E-state index contributed by atoms with van der Waals surface area (Å²) in [6.45, 7) is 10.3. The summed E-state index contributed by atoms with van der Waals surface area (Å²) in [6.07, 6.45) is 5.19. The zero-order chi connectivity index (χ0) is 31.1. The van der Waals surface area contributed by atoms with E-state index in [0.29, 0.717) is 37.5 Å². The first-order valence-corrected chi connectivity index (χ1v) is 15.6. The molecule has 43 heavy (non-hydrogen) atoms. The maximum Gasteiger partial charge on any atom is 0.410 e. The van der Waals surface area contributed by atoms with Gasteiger partial charge in [0.1, 0.15) is 18.0 Å². The zero-order valence-corrected chi connectivity index (χ0v) is 26.3. The summed E-state index contributed by atoms with van der Waals surface area (Å²) in [5.74, 6) is -1.13. The van der Waals surface area contributed by atoms with Crippen LogP contribution in [0.25, 0.3) is 6.08 Å². The topological polar surface area (TPSA) is 94.6 Å². The highest BCUT2D eigenvalue weighted by Crippen LogP contribution is 2.28. The number of nitrogens with one attached hydrogen (secondary N) is 1. The van der Waals surface area contributed by atoms with E-state index in [2.05, 4.69) is 15.1 Å². The maximum atomic E-state index is 14.7. The Kier molecular flexibility index (Phi) is 11.6. The number of halogens is 1. The molecule has 0 aromatic heterocycles. The molecule has 1 aromatic rings. The van der Waals surface area contributed by atoms with Gasteiger partial charge in [-0.2, -0.15) is 0 Å². The van der Waals surface area contributed by atoms with Crippen LogP contribution in [-0.4, -0.2) is 105 Å². The van der Waals surface area contributed by atoms with Crippen molar-refractivity contribution in [3.63, 3.8) is 0 Å². The quantitative estimate of drug-likeness (QED) is 0.386. The smallest absolute Gasteiger partial charge is 0.410 e. The van der Waals surface area contributed by atoms with E-state index >= 15 is 0 Å². The minimum atomic E-state index is -0.861. The number of aliphatic hydroxyl groups is 1. The maximum absolute atomic E-state index is 14.7. The Morgan fingerprint density at radius 1 is 1.09 bits per heavy atom. The fourth-order valence-corrected chi connectivity index (χ4v) is 6.07. The summed E-state index contributed by atoms with van der Waals surface area (Å²) in [6, 6.07) is 5.37. The summed E-state index contributed by atoms with van der Waals surface area (Å²) >= 11 is 0. The lowest BCUT2D eigenvalue weighted by molar-refractivity contribution is -0.151. The highest BCUT2D eigenvalue weighted by atomic mass is 19.1. The largest absolute Gasteiger partial charge is 0.457 e. The predicted octanol–water partition coefficient (Wildman–Crippen LogP) is 4.06. The van der Waals surface area contributed by atoms with Gasteiger partial charge in [-0.25, -0.2) is 9.18 Å². The Morgan fingerprint density at radius 3 is 2.53 bits per heavy atom. The molecule has 3 heterocycles. The van der Waals surface area contributed by atoms with Crippen molar-refractivity contribution in [2.45, 2.75) is 70.8 Å². The summed E-state index contributed by atoms with van der Waals surface area (Å²) in [5.41, 5.74) is 2.26. The van der Waals surface area contributed by atoms with Crippen molar-refractivity contribution in [1.82, 2.24) is 15.1 Å². The number of rotatable bonds is 5. The third-order valence-electron chi connectivity index (χ3n) is 8.97. The van der Waals surface area contributed by atoms with Crippen LogP contribution >= 0.6 is 0 Å². The van der Waals surface area contributed by atoms with E-state index in [1.807, 2.05) is 59.2 Å². The van der Waals surface area contributed by atoms with E-state index in [-0.39, 0.29) is 30.2 Å². The first-order valence-electron chi connectivity index (χ1n) is 15.6. The van der Waals surface area contributed by atoms with Gasteiger partial charge in [-0.3, -0.25) is 4.79 Å². The molecule has 3 aliphatic rings. The van der Waals surface area contributed by atoms with Crippen LogP contribution in [0.15, 0.2) is 35.9 Å². The number of carbonyl (C=O) groups excluding carboxylic acids is 2. The molecule has 238 valence electrons. The first kappa shape index (κ1) is 33.0. The fourth-order valence-electron chi connectivity index (χ4n) is 6.07. The molecule has 2 N–H and O–H groups in total. The summed E-state index contributed by atoms with van der Waals surface area (Å²) in [7, 11) is 3.98. The number of nitrogens with zero attached hydrogens (tertiary/aromatic N) is 3. The molecular formula is C33H49FN4O5. The van der Waals surface area contributed by atoms with Gasteiger partial charge in [0.25, 0.3) is 0 Å². The lowest BCUT2D eigenvalue weighted by atomic mass is 9.91. The molecule has 2 fully saturated rings. The summed E-state index contributed by atoms with van der Waals surface area (Å²) in [4.78, 5) is 32.0. The van der Waals surface area contributed by atoms with Gasteiger partial charge in [0.2, 0.25) is 0 Å². The van der Waals surface area contributed by atoms with Gasteiger partial charge in [-0.15, -0.1) is 0 Å². The number of esters is 1. The standard InChI is InChI=1S/C33H49FN4O5/c1-22-6-8-29(39)20-31(40)43-32(23(2)7-9-30(22)42-33(41)37-14-12-36(5)13-15-37)24(3)16-25-17-26(34)19-28(18-25)38-11-10-27(21-38)35-4/h7,9,16-19,22-23,27,29-30,32,35,39H,6,8,10-15,20-21H2,1-5H3/b9-7-,24-16+/t22-,23-,27+,29+,30-,32-/m0/s1. The number of carbonyl (C=O) groups is 2. The van der Waals surface area contributed by atoms with Crippen molar-refractivity contribution in [3.8, 4) is 0 Å². The average molecular weight is 601 g/mol. The molecule has 0 radical (unpaired) electrons. The van der Waals surface area contributed by atoms with Gasteiger partial charge < -0.3 is 34.6 Å². The third kappa shape index (κ3) is 9.27. The van der Waals surface area contributed by atoms with Crippen molar-refractivity contribution >= 4 is 23.8 Å². The van der Waals surface area contributed by atoms with Gasteiger partial charge in [0.15, 0.2) is 0 Å². The zero-order valence-electron chi connectivity index (χ0n) is 26.3. The lowest BCUT2D eigenvalue weighted by Gasteiger charge is -2.33. The third-order valence-corrected chi connectivity index (χ3v) is 8.97. The molecule has 0 spiro atoms. The molecule has 10 heteroatoms. The minimum absolute atomic E-state index is 0.0566. The van der Waals surface area contributed by atoms with Gasteiger partial charge in [-0.05, 0) is 81.6 Å². The van der Waals surface area contributed by atoms with Crippen LogP contribution in [0.5, 0.6) is 0 Å². The van der Waals surface area contributed by atoms with E-state index in [1.165, 1.54) is 6.07 Å². The number of ether oxygens (including phenoxy) is 2. The molecule has 0 aliphatic carbocycles. The van der Waals surface area contributed by atoms with Crippen molar-refractivity contribution in [2.75, 3.05) is 58.3 Å². The van der Waals surface area contributed by atoms with Crippen molar-refractivity contribution < 1.29 is 28.6 Å². The van der Waals surface area contributed by atoms with Crippen LogP contribution in [0.4, 0.5) is 14.9 Å². The van der Waals surface area contributed by atoms with Crippen molar-refractivity contribution in [3.05, 3.63) is 47.3 Å². The lowest BCUT2D eigenvalue weighted by Crippen LogP contribution is -2.48. The number of piperazine rings is 1. The van der Waals surface area contributed by atoms with Crippen LogP contribution in [0.3, 0.4) is 0 Å². The molecule has 2 saturated heterocycles. The second-order valence-electron chi connectivity index (χ2n) is 12.6. The molecule has 1 amide bonds. The number of cyclic esters (lactones) is 1. The molecule has 0 saturated carbocycles. The van der Waals surface area contributed by atoms with Gasteiger partial charge >= 0.3 is 12.1 Å². The number of benzene rings is 1. The highest BCUT2D eigenvalue weighted by Gasteiger charge is 2.29. The van der Waals surface area contributed by atoms with Crippen LogP contribution in [0, 0.1) is 17.7 Å². The number of anilines is 1. The van der Waals surface area contributed by atoms with Gasteiger partial charge in [-0.1, -0.05) is 26.0 Å². The number of aliphatic hydroxyl groups excluding tert-OH is 1. The van der Waals surface area contributed by atoms with E-state index < -0.39 is 24.3 Å². The molecule has 4 rings (SSSR count). The minimum Gasteiger partial charge on any atom is -0.457 e. The Morgan fingerprint density at radius 2 is 1.84 bits per heavy atom. The summed E-state index contributed by atoms with van der Waals surface area (Å²) < 4.78 is 26.7. The highest BCUT2D eigenvalue weighted by molar-refractivity contribution is 5.71. The van der Waals surface area contributed by atoms with Crippen LogP contribution < -0.4 is 10.2 Å². The number of likely N-dealkylation sites (N-methyl/N-ethyl adjacent to an activating group) is 2. The number of hydrogen-bond acceptors (Lipinski definition) is 8. The Hall–Kier alpha value is -2.95. The second-order valence-corrected chi connectivity index (χ2v) is 12.6. The van der Waals surface area contributed by atoms with E-state index in [1.54, 1.807) is 11.0 Å². The van der Waals surface area contributed by atoms with Crippen molar-refractivity contribution in [2.24, 2.45) is 11.8 Å². The van der Waals surface area contributed by atoms with E-state index in [9.17, 15) is 19.1 Å². The summed E-state index contributed by atoms with van der Waals surface area (Å²) in [5, 5.41) is 13.9. The van der Waals surface area contributed by atoms with Gasteiger partial charge in [0, 0.05) is 56.9 Å². The van der Waals surface area contributed by atoms with Crippen LogP contribution in [0.1, 0.15) is 52.0 Å². The van der Waals surface area contributed by atoms with Crippen LogP contribution in [0.2, 0.25) is 0 Å². The first-order chi connectivity index (χ1) is 20.5. The molecular weight excluding hydrogens is 551 g/mol. The average Bonchev–Trinajstić information content (AvgIpc) is 3.45. The fraction of sp³-hybridized carbons (Fsp3) is 0.636. The van der Waals surface area contributed by atoms with Gasteiger partial charge in [0.05, 0.1) is 12.5 Å². The number of amides is 1. The molecule has 1 aromatic carbocycles. The van der Waals surface area contributed by atoms with E-state index in [0.717, 1.165) is 43.9 Å². The Balaban J connectivity index is 1.55. The Labute approximate surface area is 255 Å². The van der Waals surface area contributed by atoms with Crippen molar-refractivity contribution in [1.29, 1.82) is 0 Å². The number of hydrogen-bond donors (Lipinski definition) is 2. The Bertz CT molecular complexity index is 1170. The molecule has 6 atom stereocenters. The predicted molar refractivity (Wildman–Crippen MR) is 166 cm³/mol. The molecule has 9 nitrogen and oxygen atoms in total. The molecule has 0 bridgehead atoms. The molecule has 3 aliphatic heterocycles. The van der Waals surface area contributed by atoms with E-state index in [4.69, 9.17) is 9.47 Å². The molecule has 0 unspecified atom stereocenters. The van der Waals surface area contributed by atoms with Crippen LogP contribution in [-0.2, 0) is 14.3 Å². The SMILES string of the molecule is CN[C@@H]1CCN(c2cc(F)cc(/C=C(\C)[C@H]3OC(=O)C[C@H](O)CC[C@H](C)[C@@H](OC(=O)N4CCN(C)CC4)/C=C\[C@@H]3C)c2)C1.